The first-order valence-corrected chi connectivity index (χ1v) is 8.24. The van der Waals surface area contributed by atoms with Crippen LogP contribution in [0, 0.1) is 5.41 Å². The van der Waals surface area contributed by atoms with E-state index in [1.165, 1.54) is 11.1 Å². The van der Waals surface area contributed by atoms with E-state index in [0.29, 0.717) is 19.4 Å². The van der Waals surface area contributed by atoms with Gasteiger partial charge >= 0.3 is 5.97 Å². The number of aliphatic hydroxyl groups excluding tert-OH is 1. The Morgan fingerprint density at radius 2 is 2.00 bits per heavy atom. The lowest BCUT2D eigenvalue weighted by atomic mass is 9.74. The van der Waals surface area contributed by atoms with Gasteiger partial charge in [-0.3, -0.25) is 9.69 Å². The van der Waals surface area contributed by atoms with Crippen molar-refractivity contribution in [2.75, 3.05) is 13.1 Å². The summed E-state index contributed by atoms with van der Waals surface area (Å²) in [4.78, 5) is 14.0. The van der Waals surface area contributed by atoms with Gasteiger partial charge in [0.05, 0.1) is 6.10 Å². The molecule has 4 nitrogen and oxygen atoms in total. The van der Waals surface area contributed by atoms with Crippen LogP contribution in [0.4, 0.5) is 0 Å². The van der Waals surface area contributed by atoms with Crippen molar-refractivity contribution < 1.29 is 15.0 Å². The van der Waals surface area contributed by atoms with Crippen LogP contribution in [0.3, 0.4) is 0 Å². The van der Waals surface area contributed by atoms with Crippen LogP contribution in [-0.2, 0) is 17.8 Å². The number of carboxylic acid groups (broad SMARTS) is 1. The summed E-state index contributed by atoms with van der Waals surface area (Å²) in [5.74, 6) is -0.865. The zero-order valence-electron chi connectivity index (χ0n) is 13.6. The standard InChI is InChI=1S/C18H27NO3/c1-3-10-18(17(21)22)13-19(11-9-16(18)20)12-15-8-6-5-7-14(15)4-2/h5-8,16,20H,3-4,9-13H2,1-2H3,(H,21,22)/t16-,18+/m0/s1. The normalized spacial score (nSPS) is 26.0. The lowest BCUT2D eigenvalue weighted by Gasteiger charge is -2.43. The molecule has 2 atom stereocenters. The largest absolute Gasteiger partial charge is 0.481 e. The Morgan fingerprint density at radius 3 is 2.59 bits per heavy atom. The van der Waals surface area contributed by atoms with E-state index in [0.717, 1.165) is 25.9 Å². The number of carbonyl (C=O) groups is 1. The minimum Gasteiger partial charge on any atom is -0.481 e. The van der Waals surface area contributed by atoms with Crippen LogP contribution < -0.4 is 0 Å². The van der Waals surface area contributed by atoms with E-state index >= 15 is 0 Å². The fraction of sp³-hybridized carbons (Fsp3) is 0.611. The molecule has 2 N–H and O–H groups in total. The van der Waals surface area contributed by atoms with Crippen molar-refractivity contribution in [2.45, 2.75) is 52.2 Å². The van der Waals surface area contributed by atoms with Crippen molar-refractivity contribution in [3.05, 3.63) is 35.4 Å². The molecular formula is C18H27NO3. The highest BCUT2D eigenvalue weighted by Crippen LogP contribution is 2.36. The maximum Gasteiger partial charge on any atom is 0.313 e. The molecule has 0 aromatic heterocycles. The lowest BCUT2D eigenvalue weighted by molar-refractivity contribution is -0.164. The van der Waals surface area contributed by atoms with Gasteiger partial charge in [-0.05, 0) is 30.4 Å². The van der Waals surface area contributed by atoms with Crippen LogP contribution in [0.2, 0.25) is 0 Å². The first-order valence-electron chi connectivity index (χ1n) is 8.24. The third-order valence-electron chi connectivity index (χ3n) is 4.88. The van der Waals surface area contributed by atoms with Crippen LogP contribution in [-0.4, -0.2) is 40.3 Å². The summed E-state index contributed by atoms with van der Waals surface area (Å²) in [5.41, 5.74) is 1.55. The van der Waals surface area contributed by atoms with Crippen molar-refractivity contribution >= 4 is 5.97 Å². The van der Waals surface area contributed by atoms with Crippen molar-refractivity contribution in [3.8, 4) is 0 Å². The summed E-state index contributed by atoms with van der Waals surface area (Å²) >= 11 is 0. The molecule has 1 aliphatic heterocycles. The van der Waals surface area contributed by atoms with Crippen LogP contribution in [0.15, 0.2) is 24.3 Å². The van der Waals surface area contributed by atoms with Gasteiger partial charge in [-0.25, -0.2) is 0 Å². The van der Waals surface area contributed by atoms with Gasteiger partial charge in [-0.2, -0.15) is 0 Å². The van der Waals surface area contributed by atoms with Gasteiger partial charge in [-0.15, -0.1) is 0 Å². The molecule has 0 unspecified atom stereocenters. The summed E-state index contributed by atoms with van der Waals surface area (Å²) in [5, 5.41) is 20.0. The highest BCUT2D eigenvalue weighted by atomic mass is 16.4. The van der Waals surface area contributed by atoms with Gasteiger partial charge in [-0.1, -0.05) is 44.5 Å². The molecule has 0 radical (unpaired) electrons. The molecule has 22 heavy (non-hydrogen) atoms. The van der Waals surface area contributed by atoms with E-state index in [4.69, 9.17) is 0 Å². The quantitative estimate of drug-likeness (QED) is 0.848. The van der Waals surface area contributed by atoms with E-state index in [-0.39, 0.29) is 0 Å². The molecule has 0 amide bonds. The van der Waals surface area contributed by atoms with Crippen LogP contribution in [0.1, 0.15) is 44.2 Å². The topological polar surface area (TPSA) is 60.8 Å². The van der Waals surface area contributed by atoms with Crippen LogP contribution in [0.25, 0.3) is 0 Å². The average Bonchev–Trinajstić information content (AvgIpc) is 2.51. The Balaban J connectivity index is 2.18. The third-order valence-corrected chi connectivity index (χ3v) is 4.88. The van der Waals surface area contributed by atoms with Crippen LogP contribution >= 0.6 is 0 Å². The Hall–Kier alpha value is -1.39. The number of nitrogens with zero attached hydrogens (tertiary/aromatic N) is 1. The number of piperidine rings is 1. The van der Waals surface area contributed by atoms with Gasteiger partial charge in [0.25, 0.3) is 0 Å². The Labute approximate surface area is 132 Å². The Morgan fingerprint density at radius 1 is 1.32 bits per heavy atom. The summed E-state index contributed by atoms with van der Waals surface area (Å²) < 4.78 is 0. The Bertz CT molecular complexity index is 517. The number of hydrogen-bond acceptors (Lipinski definition) is 3. The smallest absolute Gasteiger partial charge is 0.313 e. The summed E-state index contributed by atoms with van der Waals surface area (Å²) in [6.07, 6.45) is 2.05. The number of carboxylic acids is 1. The van der Waals surface area contributed by atoms with Gasteiger partial charge < -0.3 is 10.2 Å². The zero-order valence-corrected chi connectivity index (χ0v) is 13.6. The van der Waals surface area contributed by atoms with E-state index in [1.807, 2.05) is 19.1 Å². The minimum absolute atomic E-state index is 0.426. The minimum atomic E-state index is -1.02. The predicted molar refractivity (Wildman–Crippen MR) is 86.7 cm³/mol. The second-order valence-corrected chi connectivity index (χ2v) is 6.35. The molecule has 122 valence electrons. The molecule has 0 bridgehead atoms. The van der Waals surface area contributed by atoms with Gasteiger partial charge in [0.2, 0.25) is 0 Å². The first kappa shape index (κ1) is 17.0. The monoisotopic (exact) mass is 305 g/mol. The molecule has 1 saturated heterocycles. The maximum atomic E-state index is 11.8. The summed E-state index contributed by atoms with van der Waals surface area (Å²) in [7, 11) is 0. The van der Waals surface area contributed by atoms with Crippen molar-refractivity contribution in [2.24, 2.45) is 5.41 Å². The number of aliphatic hydroxyl groups is 1. The highest BCUT2D eigenvalue weighted by molar-refractivity contribution is 5.76. The highest BCUT2D eigenvalue weighted by Gasteiger charge is 2.48. The zero-order chi connectivity index (χ0) is 16.2. The molecule has 0 saturated carbocycles. The number of rotatable bonds is 6. The van der Waals surface area contributed by atoms with E-state index in [1.54, 1.807) is 0 Å². The van der Waals surface area contributed by atoms with Crippen LogP contribution in [0.5, 0.6) is 0 Å². The number of aliphatic carboxylic acids is 1. The molecule has 1 aromatic rings. The Kier molecular flexibility index (Phi) is 5.59. The molecule has 2 rings (SSSR count). The number of benzene rings is 1. The maximum absolute atomic E-state index is 11.8. The van der Waals surface area contributed by atoms with E-state index in [2.05, 4.69) is 24.0 Å². The average molecular weight is 305 g/mol. The molecule has 0 aliphatic carbocycles. The molecule has 1 aliphatic rings. The molecule has 1 heterocycles. The second kappa shape index (κ2) is 7.25. The fourth-order valence-electron chi connectivity index (χ4n) is 3.61. The predicted octanol–water partition coefficient (Wildman–Crippen LogP) is 2.69. The van der Waals surface area contributed by atoms with Crippen molar-refractivity contribution in [3.63, 3.8) is 0 Å². The van der Waals surface area contributed by atoms with Gasteiger partial charge in [0.1, 0.15) is 5.41 Å². The SMILES string of the molecule is CCC[C@@]1(C(=O)O)CN(Cc2ccccc2CC)CC[C@@H]1O. The number of likely N-dealkylation sites (tertiary alicyclic amines) is 1. The molecule has 0 spiro atoms. The molecule has 1 fully saturated rings. The summed E-state index contributed by atoms with van der Waals surface area (Å²) in [6.45, 7) is 6.04. The number of aryl methyl sites for hydroxylation is 1. The molecule has 1 aromatic carbocycles. The van der Waals surface area contributed by atoms with Gasteiger partial charge in [0.15, 0.2) is 0 Å². The van der Waals surface area contributed by atoms with E-state index < -0.39 is 17.5 Å². The fourth-order valence-corrected chi connectivity index (χ4v) is 3.61. The third kappa shape index (κ3) is 3.33. The number of hydrogen-bond donors (Lipinski definition) is 2. The van der Waals surface area contributed by atoms with Crippen molar-refractivity contribution in [1.82, 2.24) is 4.90 Å². The van der Waals surface area contributed by atoms with E-state index in [9.17, 15) is 15.0 Å². The van der Waals surface area contributed by atoms with Crippen molar-refractivity contribution in [1.29, 1.82) is 0 Å². The first-order chi connectivity index (χ1) is 10.5. The second-order valence-electron chi connectivity index (χ2n) is 6.35. The lowest BCUT2D eigenvalue weighted by Crippen LogP contribution is -2.55. The molecular weight excluding hydrogens is 278 g/mol. The van der Waals surface area contributed by atoms with Gasteiger partial charge in [0, 0.05) is 19.6 Å². The molecule has 4 heteroatoms. The summed E-state index contributed by atoms with van der Waals surface area (Å²) in [6, 6.07) is 8.32.